The van der Waals surface area contributed by atoms with Gasteiger partial charge in [-0.05, 0) is 37.5 Å². The zero-order chi connectivity index (χ0) is 11.3. The predicted molar refractivity (Wildman–Crippen MR) is 66.1 cm³/mol. The molecule has 0 aromatic rings. The fourth-order valence-electron chi connectivity index (χ4n) is 2.93. The van der Waals surface area contributed by atoms with Crippen LogP contribution in [0.25, 0.3) is 0 Å². The van der Waals surface area contributed by atoms with E-state index in [0.29, 0.717) is 5.92 Å². The van der Waals surface area contributed by atoms with Gasteiger partial charge in [-0.3, -0.25) is 0 Å². The average Bonchev–Trinajstić information content (AvgIpc) is 2.74. The third-order valence-electron chi connectivity index (χ3n) is 4.00. The fourth-order valence-corrected chi connectivity index (χ4v) is 2.93. The molecular formula is C14H28O. The van der Waals surface area contributed by atoms with Gasteiger partial charge in [-0.2, -0.15) is 0 Å². The van der Waals surface area contributed by atoms with Gasteiger partial charge in [0.1, 0.15) is 0 Å². The van der Waals surface area contributed by atoms with E-state index in [4.69, 9.17) is 4.74 Å². The van der Waals surface area contributed by atoms with Crippen molar-refractivity contribution in [3.63, 3.8) is 0 Å². The van der Waals surface area contributed by atoms with Crippen LogP contribution in [-0.2, 0) is 4.74 Å². The summed E-state index contributed by atoms with van der Waals surface area (Å²) in [6.07, 6.45) is 7.97. The summed E-state index contributed by atoms with van der Waals surface area (Å²) in [5, 5.41) is 0. The lowest BCUT2D eigenvalue weighted by atomic mass is 9.81. The van der Waals surface area contributed by atoms with Gasteiger partial charge in [0.15, 0.2) is 0 Å². The van der Waals surface area contributed by atoms with Crippen molar-refractivity contribution < 1.29 is 4.74 Å². The van der Waals surface area contributed by atoms with Crippen LogP contribution in [0.5, 0.6) is 0 Å². The van der Waals surface area contributed by atoms with Crippen LogP contribution in [0.1, 0.15) is 66.2 Å². The Balaban J connectivity index is 2.58. The van der Waals surface area contributed by atoms with Crippen molar-refractivity contribution in [2.24, 2.45) is 11.8 Å². The molecule has 0 heterocycles. The van der Waals surface area contributed by atoms with Crippen molar-refractivity contribution in [1.29, 1.82) is 0 Å². The summed E-state index contributed by atoms with van der Waals surface area (Å²) >= 11 is 0. The highest BCUT2D eigenvalue weighted by atomic mass is 16.5. The SMILES string of the molecule is CCC(CC)(OCC(C)C)C1CCCC1. The molecule has 1 aliphatic rings. The van der Waals surface area contributed by atoms with E-state index in [1.165, 1.54) is 38.5 Å². The van der Waals surface area contributed by atoms with E-state index in [9.17, 15) is 0 Å². The maximum absolute atomic E-state index is 6.27. The Bertz CT molecular complexity index is 164. The normalized spacial score (nSPS) is 19.0. The molecule has 0 saturated heterocycles. The zero-order valence-corrected chi connectivity index (χ0v) is 11.0. The first kappa shape index (κ1) is 13.0. The smallest absolute Gasteiger partial charge is 0.0705 e. The molecule has 15 heavy (non-hydrogen) atoms. The third-order valence-corrected chi connectivity index (χ3v) is 4.00. The van der Waals surface area contributed by atoms with E-state index in [1.807, 2.05) is 0 Å². The molecule has 0 aromatic carbocycles. The maximum atomic E-state index is 6.27. The Morgan fingerprint density at radius 2 is 1.67 bits per heavy atom. The van der Waals surface area contributed by atoms with Crippen LogP contribution < -0.4 is 0 Å². The van der Waals surface area contributed by atoms with Gasteiger partial charge in [0, 0.05) is 6.61 Å². The first-order chi connectivity index (χ1) is 7.14. The molecule has 0 N–H and O–H groups in total. The topological polar surface area (TPSA) is 9.23 Å². The minimum absolute atomic E-state index is 0.195. The number of hydrogen-bond acceptors (Lipinski definition) is 1. The lowest BCUT2D eigenvalue weighted by molar-refractivity contribution is -0.100. The molecule has 0 aromatic heterocycles. The largest absolute Gasteiger partial charge is 0.374 e. The van der Waals surface area contributed by atoms with Crippen LogP contribution in [0.15, 0.2) is 0 Å². The van der Waals surface area contributed by atoms with Crippen LogP contribution in [0.3, 0.4) is 0 Å². The fraction of sp³-hybridized carbons (Fsp3) is 1.00. The molecular weight excluding hydrogens is 184 g/mol. The van der Waals surface area contributed by atoms with Crippen molar-refractivity contribution in [3.05, 3.63) is 0 Å². The minimum atomic E-state index is 0.195. The highest BCUT2D eigenvalue weighted by Crippen LogP contribution is 2.40. The molecule has 0 atom stereocenters. The molecule has 1 heteroatoms. The van der Waals surface area contributed by atoms with Crippen LogP contribution in [0.4, 0.5) is 0 Å². The van der Waals surface area contributed by atoms with Crippen LogP contribution in [-0.4, -0.2) is 12.2 Å². The highest BCUT2D eigenvalue weighted by molar-refractivity contribution is 4.89. The van der Waals surface area contributed by atoms with Gasteiger partial charge in [-0.1, -0.05) is 40.5 Å². The molecule has 0 aliphatic heterocycles. The lowest BCUT2D eigenvalue weighted by Crippen LogP contribution is -2.39. The number of rotatable bonds is 6. The molecule has 0 bridgehead atoms. The molecule has 0 amide bonds. The minimum Gasteiger partial charge on any atom is -0.374 e. The first-order valence-corrected chi connectivity index (χ1v) is 6.78. The Labute approximate surface area is 95.6 Å². The van der Waals surface area contributed by atoms with Crippen molar-refractivity contribution in [1.82, 2.24) is 0 Å². The monoisotopic (exact) mass is 212 g/mol. The summed E-state index contributed by atoms with van der Waals surface area (Å²) in [6.45, 7) is 10.00. The summed E-state index contributed by atoms with van der Waals surface area (Å²) < 4.78 is 6.27. The molecule has 0 unspecified atom stereocenters. The van der Waals surface area contributed by atoms with Gasteiger partial charge in [0.05, 0.1) is 5.60 Å². The van der Waals surface area contributed by atoms with E-state index >= 15 is 0 Å². The standard InChI is InChI=1S/C14H28O/c1-5-14(6-2,15-11-12(3)4)13-9-7-8-10-13/h12-13H,5-11H2,1-4H3. The summed E-state index contributed by atoms with van der Waals surface area (Å²) in [5.41, 5.74) is 0.195. The zero-order valence-electron chi connectivity index (χ0n) is 11.0. The quantitative estimate of drug-likeness (QED) is 0.634. The summed E-state index contributed by atoms with van der Waals surface area (Å²) in [7, 11) is 0. The molecule has 1 aliphatic carbocycles. The number of hydrogen-bond donors (Lipinski definition) is 0. The summed E-state index contributed by atoms with van der Waals surface area (Å²) in [4.78, 5) is 0. The van der Waals surface area contributed by atoms with Gasteiger partial charge in [-0.15, -0.1) is 0 Å². The molecule has 1 rings (SSSR count). The molecule has 0 spiro atoms. The van der Waals surface area contributed by atoms with Crippen molar-refractivity contribution in [2.45, 2.75) is 71.8 Å². The second kappa shape index (κ2) is 5.89. The number of ether oxygens (including phenoxy) is 1. The van der Waals surface area contributed by atoms with Gasteiger partial charge >= 0.3 is 0 Å². The summed E-state index contributed by atoms with van der Waals surface area (Å²) in [6, 6.07) is 0. The predicted octanol–water partition coefficient (Wildman–Crippen LogP) is 4.41. The van der Waals surface area contributed by atoms with Crippen LogP contribution >= 0.6 is 0 Å². The van der Waals surface area contributed by atoms with Gasteiger partial charge in [0.25, 0.3) is 0 Å². The molecule has 1 fully saturated rings. The average molecular weight is 212 g/mol. The van der Waals surface area contributed by atoms with Gasteiger partial charge in [-0.25, -0.2) is 0 Å². The molecule has 0 radical (unpaired) electrons. The van der Waals surface area contributed by atoms with Gasteiger partial charge < -0.3 is 4.74 Å². The Morgan fingerprint density at radius 3 is 2.07 bits per heavy atom. The Hall–Kier alpha value is -0.0400. The first-order valence-electron chi connectivity index (χ1n) is 6.78. The van der Waals surface area contributed by atoms with E-state index in [1.54, 1.807) is 0 Å². The van der Waals surface area contributed by atoms with Crippen LogP contribution in [0.2, 0.25) is 0 Å². The van der Waals surface area contributed by atoms with Crippen LogP contribution in [0, 0.1) is 11.8 Å². The van der Waals surface area contributed by atoms with E-state index < -0.39 is 0 Å². The van der Waals surface area contributed by atoms with Gasteiger partial charge in [0.2, 0.25) is 0 Å². The lowest BCUT2D eigenvalue weighted by Gasteiger charge is -2.38. The highest BCUT2D eigenvalue weighted by Gasteiger charge is 2.38. The van der Waals surface area contributed by atoms with E-state index in [-0.39, 0.29) is 5.60 Å². The Morgan fingerprint density at radius 1 is 1.13 bits per heavy atom. The Kier molecular flexibility index (Phi) is 5.11. The van der Waals surface area contributed by atoms with Crippen molar-refractivity contribution in [3.8, 4) is 0 Å². The molecule has 1 nitrogen and oxygen atoms in total. The third kappa shape index (κ3) is 3.21. The van der Waals surface area contributed by atoms with Crippen molar-refractivity contribution in [2.75, 3.05) is 6.61 Å². The summed E-state index contributed by atoms with van der Waals surface area (Å²) in [5.74, 6) is 1.48. The second-order valence-corrected chi connectivity index (χ2v) is 5.46. The second-order valence-electron chi connectivity index (χ2n) is 5.46. The maximum Gasteiger partial charge on any atom is 0.0705 e. The molecule has 90 valence electrons. The van der Waals surface area contributed by atoms with E-state index in [2.05, 4.69) is 27.7 Å². The molecule has 1 saturated carbocycles. The van der Waals surface area contributed by atoms with Crippen molar-refractivity contribution >= 4 is 0 Å². The van der Waals surface area contributed by atoms with E-state index in [0.717, 1.165) is 12.5 Å².